The summed E-state index contributed by atoms with van der Waals surface area (Å²) in [6, 6.07) is 30.3. The highest BCUT2D eigenvalue weighted by Crippen LogP contribution is 2.26. The third kappa shape index (κ3) is 6.32. The first-order valence-electron chi connectivity index (χ1n) is 14.2. The van der Waals surface area contributed by atoms with E-state index in [-0.39, 0.29) is 6.29 Å². The molecule has 4 aliphatic rings. The summed E-state index contributed by atoms with van der Waals surface area (Å²) in [7, 11) is 2.19. The van der Waals surface area contributed by atoms with Gasteiger partial charge in [0.2, 0.25) is 6.29 Å². The molecule has 39 heavy (non-hydrogen) atoms. The molecule has 3 aromatic carbocycles. The van der Waals surface area contributed by atoms with E-state index in [1.807, 2.05) is 0 Å². The molecular formula is C32H39N7. The van der Waals surface area contributed by atoms with Crippen molar-refractivity contribution in [2.75, 3.05) is 51.2 Å². The summed E-state index contributed by atoms with van der Waals surface area (Å²) >= 11 is 0. The van der Waals surface area contributed by atoms with Gasteiger partial charge in [0.05, 0.1) is 5.69 Å². The minimum atomic E-state index is -0.190. The Labute approximate surface area is 232 Å². The van der Waals surface area contributed by atoms with Crippen LogP contribution in [-0.4, -0.2) is 78.2 Å². The molecule has 7 nitrogen and oxygen atoms in total. The molecular weight excluding hydrogens is 482 g/mol. The highest BCUT2D eigenvalue weighted by molar-refractivity contribution is 5.52. The second-order valence-corrected chi connectivity index (χ2v) is 10.9. The van der Waals surface area contributed by atoms with Gasteiger partial charge < -0.3 is 14.7 Å². The van der Waals surface area contributed by atoms with Crippen LogP contribution in [0.15, 0.2) is 108 Å². The van der Waals surface area contributed by atoms with Gasteiger partial charge in [0.1, 0.15) is 0 Å². The zero-order chi connectivity index (χ0) is 26.4. The number of fused-ring (bicyclic) bond motifs is 3. The molecule has 1 unspecified atom stereocenters. The minimum absolute atomic E-state index is 0.190. The van der Waals surface area contributed by atoms with E-state index in [4.69, 9.17) is 5.11 Å². The highest BCUT2D eigenvalue weighted by atomic mass is 15.5. The fourth-order valence-electron chi connectivity index (χ4n) is 5.87. The first-order valence-corrected chi connectivity index (χ1v) is 14.2. The lowest BCUT2D eigenvalue weighted by molar-refractivity contribution is 0.0108. The van der Waals surface area contributed by atoms with Crippen molar-refractivity contribution in [3.05, 3.63) is 108 Å². The maximum absolute atomic E-state index is 4.83. The third-order valence-electron chi connectivity index (χ3n) is 8.22. The van der Waals surface area contributed by atoms with E-state index >= 15 is 0 Å². The van der Waals surface area contributed by atoms with Crippen LogP contribution in [0.5, 0.6) is 0 Å². The molecule has 2 bridgehead atoms. The molecule has 1 atom stereocenters. The van der Waals surface area contributed by atoms with Gasteiger partial charge in [-0.05, 0) is 41.8 Å². The molecule has 4 heterocycles. The molecule has 7 rings (SSSR count). The molecule has 0 aliphatic carbocycles. The first-order chi connectivity index (χ1) is 19.2. The lowest BCUT2D eigenvalue weighted by atomic mass is 10.0. The molecule has 0 spiro atoms. The van der Waals surface area contributed by atoms with Crippen LogP contribution in [0.1, 0.15) is 17.5 Å². The largest absolute Gasteiger partial charge is 0.375 e. The van der Waals surface area contributed by atoms with Crippen LogP contribution in [0, 0.1) is 0 Å². The van der Waals surface area contributed by atoms with E-state index < -0.39 is 0 Å². The molecule has 0 radical (unpaired) electrons. The molecule has 0 aromatic heterocycles. The van der Waals surface area contributed by atoms with Gasteiger partial charge in [-0.2, -0.15) is 5.11 Å². The Morgan fingerprint density at radius 2 is 1.33 bits per heavy atom. The summed E-state index contributed by atoms with van der Waals surface area (Å²) in [6.45, 7) is 8.81. The van der Waals surface area contributed by atoms with E-state index in [1.165, 1.54) is 56.0 Å². The van der Waals surface area contributed by atoms with Gasteiger partial charge in [-0.15, -0.1) is 5.11 Å². The molecule has 4 aliphatic heterocycles. The van der Waals surface area contributed by atoms with Crippen LogP contribution < -0.4 is 4.90 Å². The molecule has 3 fully saturated rings. The number of nitrogens with zero attached hydrogens (tertiary/aromatic N) is 7. The van der Waals surface area contributed by atoms with Crippen LogP contribution in [0.4, 0.5) is 11.4 Å². The summed E-state index contributed by atoms with van der Waals surface area (Å²) in [6.07, 6.45) is 5.27. The monoisotopic (exact) mass is 521 g/mol. The normalized spacial score (nSPS) is 22.7. The Morgan fingerprint density at radius 3 is 1.87 bits per heavy atom. The van der Waals surface area contributed by atoms with Crippen LogP contribution in [-0.2, 0) is 13.1 Å². The summed E-state index contributed by atoms with van der Waals surface area (Å²) in [5.41, 5.74) is 4.61. The summed E-state index contributed by atoms with van der Waals surface area (Å²) in [5.74, 6) is 0. The molecule has 202 valence electrons. The molecule has 0 N–H and O–H groups in total. The standard InChI is InChI=1S/C32H39N7/c1-35(17-16-31-26-36-18-20-37(31)21-19-36)30-14-12-29(13-15-30)33-34-32-38(24-27-8-4-2-5-9-27)22-23-39(32)25-28-10-6-3-7-11-28/h2-15,22-23,31-32H,16-21,24-26H2,1H3. The van der Waals surface area contributed by atoms with Gasteiger partial charge in [-0.1, -0.05) is 60.7 Å². The Hall–Kier alpha value is -3.68. The van der Waals surface area contributed by atoms with Gasteiger partial charge in [-0.3, -0.25) is 9.80 Å². The van der Waals surface area contributed by atoms with E-state index in [2.05, 4.69) is 134 Å². The second kappa shape index (κ2) is 12.0. The van der Waals surface area contributed by atoms with E-state index in [0.717, 1.165) is 25.3 Å². The number of anilines is 1. The Morgan fingerprint density at radius 1 is 0.744 bits per heavy atom. The highest BCUT2D eigenvalue weighted by Gasteiger charge is 2.31. The molecule has 3 saturated heterocycles. The second-order valence-electron chi connectivity index (χ2n) is 10.9. The topological polar surface area (TPSA) is 40.9 Å². The van der Waals surface area contributed by atoms with Crippen molar-refractivity contribution in [2.45, 2.75) is 31.8 Å². The minimum Gasteiger partial charge on any atom is -0.375 e. The molecule has 7 heteroatoms. The number of hydrogen-bond donors (Lipinski definition) is 0. The van der Waals surface area contributed by atoms with Crippen LogP contribution in [0.2, 0.25) is 0 Å². The Kier molecular flexibility index (Phi) is 7.88. The zero-order valence-corrected chi connectivity index (χ0v) is 22.9. The predicted molar refractivity (Wildman–Crippen MR) is 158 cm³/mol. The van der Waals surface area contributed by atoms with Crippen molar-refractivity contribution in [3.8, 4) is 0 Å². The summed E-state index contributed by atoms with van der Waals surface area (Å²) in [4.78, 5) is 12.1. The Balaban J connectivity index is 1.10. The quantitative estimate of drug-likeness (QED) is 0.336. The van der Waals surface area contributed by atoms with E-state index in [9.17, 15) is 0 Å². The fourth-order valence-corrected chi connectivity index (χ4v) is 5.87. The van der Waals surface area contributed by atoms with Gasteiger partial charge in [-0.25, -0.2) is 0 Å². The number of piperazine rings is 3. The van der Waals surface area contributed by atoms with Gasteiger partial charge in [0.15, 0.2) is 0 Å². The number of hydrogen-bond acceptors (Lipinski definition) is 7. The van der Waals surface area contributed by atoms with Crippen molar-refractivity contribution < 1.29 is 0 Å². The fraction of sp³-hybridized carbons (Fsp3) is 0.375. The number of azo groups is 1. The smallest absolute Gasteiger partial charge is 0.218 e. The van der Waals surface area contributed by atoms with Crippen LogP contribution >= 0.6 is 0 Å². The van der Waals surface area contributed by atoms with Gasteiger partial charge in [0.25, 0.3) is 0 Å². The molecule has 0 saturated carbocycles. The lowest BCUT2D eigenvalue weighted by Gasteiger charge is -2.48. The van der Waals surface area contributed by atoms with Crippen molar-refractivity contribution >= 4 is 11.4 Å². The zero-order valence-electron chi connectivity index (χ0n) is 22.9. The van der Waals surface area contributed by atoms with Crippen molar-refractivity contribution in [1.29, 1.82) is 0 Å². The Bertz CT molecular complexity index is 1190. The lowest BCUT2D eigenvalue weighted by Crippen LogP contribution is -2.61. The van der Waals surface area contributed by atoms with Crippen molar-refractivity contribution in [3.63, 3.8) is 0 Å². The van der Waals surface area contributed by atoms with Crippen LogP contribution in [0.25, 0.3) is 0 Å². The predicted octanol–water partition coefficient (Wildman–Crippen LogP) is 5.37. The maximum Gasteiger partial charge on any atom is 0.218 e. The van der Waals surface area contributed by atoms with Crippen LogP contribution in [0.3, 0.4) is 0 Å². The van der Waals surface area contributed by atoms with E-state index in [0.29, 0.717) is 6.04 Å². The maximum atomic E-state index is 4.83. The van der Waals surface area contributed by atoms with Gasteiger partial charge in [0, 0.05) is 83.5 Å². The third-order valence-corrected chi connectivity index (χ3v) is 8.22. The van der Waals surface area contributed by atoms with Crippen molar-refractivity contribution in [1.82, 2.24) is 19.6 Å². The average Bonchev–Trinajstić information content (AvgIpc) is 3.37. The summed E-state index contributed by atoms with van der Waals surface area (Å²) in [5, 5.41) is 9.52. The average molecular weight is 522 g/mol. The number of benzene rings is 3. The summed E-state index contributed by atoms with van der Waals surface area (Å²) < 4.78 is 0. The van der Waals surface area contributed by atoms with Crippen molar-refractivity contribution in [2.24, 2.45) is 10.2 Å². The molecule has 3 aromatic rings. The molecule has 0 amide bonds. The SMILES string of the molecule is CN(CCC1CN2CCN1CC2)c1ccc(N=NC2N(Cc3ccccc3)C=CN2Cc2ccccc2)cc1. The van der Waals surface area contributed by atoms with Gasteiger partial charge >= 0.3 is 0 Å². The van der Waals surface area contributed by atoms with E-state index in [1.54, 1.807) is 0 Å². The number of rotatable bonds is 10. The first kappa shape index (κ1) is 25.6.